The molecule has 0 fully saturated rings. The molecular formula is C20H16FNO. The third-order valence-electron chi connectivity index (χ3n) is 4.09. The largest absolute Gasteiger partial charge is 0.452 e. The lowest BCUT2D eigenvalue weighted by Crippen LogP contribution is -1.90. The van der Waals surface area contributed by atoms with Gasteiger partial charge in [-0.15, -0.1) is 0 Å². The van der Waals surface area contributed by atoms with Crippen molar-refractivity contribution in [2.75, 3.05) is 0 Å². The van der Waals surface area contributed by atoms with Gasteiger partial charge in [0.1, 0.15) is 5.58 Å². The zero-order chi connectivity index (χ0) is 16.9. The molecule has 0 N–H and O–H groups in total. The van der Waals surface area contributed by atoms with Crippen LogP contribution in [0.1, 0.15) is 26.7 Å². The van der Waals surface area contributed by atoms with Crippen LogP contribution in [0.4, 0.5) is 4.39 Å². The quantitative estimate of drug-likeness (QED) is 0.460. The lowest BCUT2D eigenvalue weighted by molar-refractivity contribution is 0.584. The minimum absolute atomic E-state index is 0.261. The third kappa shape index (κ3) is 2.20. The van der Waals surface area contributed by atoms with Crippen molar-refractivity contribution < 1.29 is 10.2 Å². The number of aromatic nitrogens is 1. The molecule has 0 unspecified atom stereocenters. The van der Waals surface area contributed by atoms with Gasteiger partial charge in [0.15, 0.2) is 11.4 Å². The fraction of sp³-hybridized carbons (Fsp3) is 0.150. The van der Waals surface area contributed by atoms with Gasteiger partial charge in [0.2, 0.25) is 0 Å². The topological polar surface area (TPSA) is 26.0 Å². The number of nitrogens with zero attached hydrogens (tertiary/aromatic N) is 1. The second-order valence-corrected chi connectivity index (χ2v) is 5.83. The summed E-state index contributed by atoms with van der Waals surface area (Å²) in [6, 6.07) is 14.4. The van der Waals surface area contributed by atoms with Gasteiger partial charge in [-0.05, 0) is 35.7 Å². The summed E-state index contributed by atoms with van der Waals surface area (Å²) in [5, 5.41) is 1.61. The van der Waals surface area contributed by atoms with Crippen LogP contribution in [-0.2, 0) is 0 Å². The number of pyridine rings is 1. The molecule has 0 saturated carbocycles. The molecule has 0 atom stereocenters. The fourth-order valence-corrected chi connectivity index (χ4v) is 2.88. The van der Waals surface area contributed by atoms with Crippen molar-refractivity contribution in [1.82, 2.24) is 4.98 Å². The maximum Gasteiger partial charge on any atom is 0.171 e. The monoisotopic (exact) mass is 306 g/mol. The molecule has 114 valence electrons. The van der Waals surface area contributed by atoms with Crippen LogP contribution in [-0.4, -0.2) is 4.98 Å². The molecule has 23 heavy (non-hydrogen) atoms. The van der Waals surface area contributed by atoms with E-state index >= 15 is 0 Å². The summed E-state index contributed by atoms with van der Waals surface area (Å²) >= 11 is 0. The van der Waals surface area contributed by atoms with E-state index in [4.69, 9.17) is 5.79 Å². The van der Waals surface area contributed by atoms with Crippen LogP contribution >= 0.6 is 0 Å². The molecule has 0 amide bonds. The Bertz CT molecular complexity index is 1060. The van der Waals surface area contributed by atoms with Gasteiger partial charge in [0.05, 0.1) is 5.69 Å². The Balaban J connectivity index is 2.01. The van der Waals surface area contributed by atoms with Gasteiger partial charge in [-0.3, -0.25) is 4.98 Å². The highest BCUT2D eigenvalue weighted by Crippen LogP contribution is 2.36. The Morgan fingerprint density at radius 3 is 2.57 bits per heavy atom. The minimum atomic E-state index is -0.717. The molecule has 2 aromatic carbocycles. The van der Waals surface area contributed by atoms with E-state index in [1.807, 2.05) is 50.2 Å². The maximum atomic E-state index is 14.0. The predicted molar refractivity (Wildman–Crippen MR) is 91.0 cm³/mol. The summed E-state index contributed by atoms with van der Waals surface area (Å²) in [4.78, 5) is 4.43. The van der Waals surface area contributed by atoms with Gasteiger partial charge in [0, 0.05) is 23.9 Å². The van der Waals surface area contributed by atoms with Crippen LogP contribution < -0.4 is 0 Å². The molecule has 3 heteroatoms. The van der Waals surface area contributed by atoms with Crippen molar-refractivity contribution in [1.29, 1.82) is 0 Å². The summed E-state index contributed by atoms with van der Waals surface area (Å²) in [5.74, 6) is -1.09. The first kappa shape index (κ1) is 12.8. The maximum absolute atomic E-state index is 14.0. The lowest BCUT2D eigenvalue weighted by atomic mass is 10.0. The average molecular weight is 306 g/mol. The molecular weight excluding hydrogens is 289 g/mol. The number of hydrogen-bond acceptors (Lipinski definition) is 2. The van der Waals surface area contributed by atoms with Crippen molar-refractivity contribution >= 4 is 21.9 Å². The molecule has 0 aliphatic heterocycles. The highest BCUT2D eigenvalue weighted by molar-refractivity contribution is 6.09. The number of fused-ring (bicyclic) bond motifs is 3. The SMILES string of the molecule is [2H]C(C)(C)c1ccnc(-c2cccc3c2oc2c(F)cccc23)c1. The number of furan rings is 1. The second kappa shape index (κ2) is 5.20. The molecule has 2 heterocycles. The smallest absolute Gasteiger partial charge is 0.171 e. The standard InChI is InChI=1S/C20H16FNO/c1-12(2)13-9-10-22-18(11-13)16-7-3-5-14-15-6-4-8-17(21)20(15)23-19(14)16/h3-12H,1-2H3/i12D. The highest BCUT2D eigenvalue weighted by atomic mass is 19.1. The number of rotatable bonds is 2. The van der Waals surface area contributed by atoms with E-state index in [-0.39, 0.29) is 11.4 Å². The van der Waals surface area contributed by atoms with Gasteiger partial charge >= 0.3 is 0 Å². The van der Waals surface area contributed by atoms with Crippen LogP contribution in [0.2, 0.25) is 0 Å². The van der Waals surface area contributed by atoms with Crippen molar-refractivity contribution in [3.05, 3.63) is 66.1 Å². The number of halogens is 1. The van der Waals surface area contributed by atoms with Gasteiger partial charge in [-0.25, -0.2) is 4.39 Å². The first-order valence-corrected chi connectivity index (χ1v) is 7.52. The number of hydrogen-bond donors (Lipinski definition) is 0. The van der Waals surface area contributed by atoms with E-state index in [2.05, 4.69) is 4.98 Å². The van der Waals surface area contributed by atoms with Crippen molar-refractivity contribution in [3.63, 3.8) is 0 Å². The Morgan fingerprint density at radius 2 is 1.78 bits per heavy atom. The van der Waals surface area contributed by atoms with Gasteiger partial charge in [0.25, 0.3) is 0 Å². The number of para-hydroxylation sites is 2. The Labute approximate surface area is 135 Å². The first-order valence-electron chi connectivity index (χ1n) is 8.02. The molecule has 2 aromatic heterocycles. The molecule has 2 nitrogen and oxygen atoms in total. The first-order chi connectivity index (χ1) is 11.4. The van der Waals surface area contributed by atoms with Crippen molar-refractivity contribution in [2.24, 2.45) is 0 Å². The zero-order valence-corrected chi connectivity index (χ0v) is 12.9. The van der Waals surface area contributed by atoms with Crippen LogP contribution in [0, 0.1) is 5.82 Å². The molecule has 0 aliphatic carbocycles. The van der Waals surface area contributed by atoms with Crippen LogP contribution in [0.25, 0.3) is 33.2 Å². The predicted octanol–water partition coefficient (Wildman–Crippen LogP) is 5.91. The normalized spacial score (nSPS) is 12.7. The van der Waals surface area contributed by atoms with Crippen LogP contribution in [0.15, 0.2) is 59.1 Å². The molecule has 0 radical (unpaired) electrons. The lowest BCUT2D eigenvalue weighted by Gasteiger charge is -2.07. The van der Waals surface area contributed by atoms with Crippen molar-refractivity contribution in [3.8, 4) is 11.3 Å². The second-order valence-electron chi connectivity index (χ2n) is 5.83. The molecule has 0 bridgehead atoms. The van der Waals surface area contributed by atoms with E-state index in [0.29, 0.717) is 5.58 Å². The Kier molecular flexibility index (Phi) is 2.90. The zero-order valence-electron chi connectivity index (χ0n) is 13.9. The van der Waals surface area contributed by atoms with E-state index in [0.717, 1.165) is 27.6 Å². The van der Waals surface area contributed by atoms with E-state index in [9.17, 15) is 4.39 Å². The van der Waals surface area contributed by atoms with Gasteiger partial charge in [-0.1, -0.05) is 38.1 Å². The number of benzene rings is 2. The molecule has 0 spiro atoms. The molecule has 0 aliphatic rings. The third-order valence-corrected chi connectivity index (χ3v) is 4.09. The summed E-state index contributed by atoms with van der Waals surface area (Å²) < 4.78 is 28.1. The fourth-order valence-electron chi connectivity index (χ4n) is 2.88. The van der Waals surface area contributed by atoms with E-state index in [1.54, 1.807) is 12.3 Å². The van der Waals surface area contributed by atoms with Gasteiger partial charge < -0.3 is 4.42 Å². The Morgan fingerprint density at radius 1 is 1.04 bits per heavy atom. The molecule has 4 aromatic rings. The van der Waals surface area contributed by atoms with E-state index < -0.39 is 5.89 Å². The van der Waals surface area contributed by atoms with Gasteiger partial charge in [-0.2, -0.15) is 0 Å². The van der Waals surface area contributed by atoms with Crippen LogP contribution in [0.3, 0.4) is 0 Å². The highest BCUT2D eigenvalue weighted by Gasteiger charge is 2.15. The minimum Gasteiger partial charge on any atom is -0.452 e. The summed E-state index contributed by atoms with van der Waals surface area (Å²) in [5.41, 5.74) is 3.26. The average Bonchev–Trinajstić information content (AvgIpc) is 2.94. The molecule has 0 saturated heterocycles. The van der Waals surface area contributed by atoms with Crippen LogP contribution in [0.5, 0.6) is 0 Å². The summed E-state index contributed by atoms with van der Waals surface area (Å²) in [6.45, 7) is 3.67. The summed E-state index contributed by atoms with van der Waals surface area (Å²) in [7, 11) is 0. The summed E-state index contributed by atoms with van der Waals surface area (Å²) in [6.07, 6.45) is 1.70. The molecule has 4 rings (SSSR count). The van der Waals surface area contributed by atoms with Crippen molar-refractivity contribution in [2.45, 2.75) is 19.7 Å². The van der Waals surface area contributed by atoms with E-state index in [1.165, 1.54) is 6.07 Å². The Hall–Kier alpha value is -2.68.